The molecular formula is C21H24N4. The van der Waals surface area contributed by atoms with Crippen molar-refractivity contribution in [2.75, 3.05) is 30.9 Å². The average molecular weight is 332 g/mol. The third-order valence-electron chi connectivity index (χ3n) is 4.90. The fraction of sp³-hybridized carbons (Fsp3) is 0.286. The van der Waals surface area contributed by atoms with Gasteiger partial charge in [0.05, 0.1) is 11.4 Å². The summed E-state index contributed by atoms with van der Waals surface area (Å²) < 4.78 is 2.08. The van der Waals surface area contributed by atoms with Gasteiger partial charge in [0.25, 0.3) is 0 Å². The summed E-state index contributed by atoms with van der Waals surface area (Å²) in [6.07, 6.45) is 1.02. The van der Waals surface area contributed by atoms with Crippen molar-refractivity contribution in [2.45, 2.75) is 20.3 Å². The maximum absolute atomic E-state index is 4.99. The zero-order valence-corrected chi connectivity index (χ0v) is 15.3. The molecule has 0 spiro atoms. The molecule has 1 aliphatic heterocycles. The monoisotopic (exact) mass is 332 g/mol. The number of benzene rings is 2. The predicted octanol–water partition coefficient (Wildman–Crippen LogP) is 4.19. The molecule has 128 valence electrons. The van der Waals surface area contributed by atoms with Crippen molar-refractivity contribution in [3.63, 3.8) is 0 Å². The minimum Gasteiger partial charge on any atom is -0.378 e. The molecule has 2 heterocycles. The average Bonchev–Trinajstić information content (AvgIpc) is 3.20. The molecule has 1 N–H and O–H groups in total. The van der Waals surface area contributed by atoms with Crippen molar-refractivity contribution in [3.05, 3.63) is 59.2 Å². The topological polar surface area (TPSA) is 33.1 Å². The highest BCUT2D eigenvalue weighted by Crippen LogP contribution is 2.35. The van der Waals surface area contributed by atoms with Crippen molar-refractivity contribution in [1.29, 1.82) is 0 Å². The Balaban J connectivity index is 1.84. The van der Waals surface area contributed by atoms with Crippen molar-refractivity contribution >= 4 is 11.5 Å². The summed E-state index contributed by atoms with van der Waals surface area (Å²) in [5, 5.41) is 8.52. The second-order valence-corrected chi connectivity index (χ2v) is 7.00. The lowest BCUT2D eigenvalue weighted by Crippen LogP contribution is -2.08. The molecule has 0 radical (unpaired) electrons. The van der Waals surface area contributed by atoms with E-state index in [-0.39, 0.29) is 0 Å². The van der Waals surface area contributed by atoms with Crippen LogP contribution >= 0.6 is 0 Å². The summed E-state index contributed by atoms with van der Waals surface area (Å²) >= 11 is 0. The van der Waals surface area contributed by atoms with Crippen LogP contribution in [0, 0.1) is 13.8 Å². The second-order valence-electron chi connectivity index (χ2n) is 7.00. The third kappa shape index (κ3) is 2.68. The smallest absolute Gasteiger partial charge is 0.133 e. The van der Waals surface area contributed by atoms with E-state index in [0.29, 0.717) is 0 Å². The van der Waals surface area contributed by atoms with E-state index in [1.807, 2.05) is 0 Å². The Morgan fingerprint density at radius 2 is 1.80 bits per heavy atom. The van der Waals surface area contributed by atoms with Gasteiger partial charge in [-0.2, -0.15) is 5.10 Å². The maximum Gasteiger partial charge on any atom is 0.133 e. The van der Waals surface area contributed by atoms with Crippen LogP contribution in [0.5, 0.6) is 0 Å². The Morgan fingerprint density at radius 3 is 2.52 bits per heavy atom. The molecule has 1 aromatic heterocycles. The molecule has 25 heavy (non-hydrogen) atoms. The van der Waals surface area contributed by atoms with Gasteiger partial charge in [-0.05, 0) is 49.6 Å². The maximum atomic E-state index is 4.99. The van der Waals surface area contributed by atoms with Crippen LogP contribution in [0.15, 0.2) is 42.5 Å². The Bertz CT molecular complexity index is 920. The summed E-state index contributed by atoms with van der Waals surface area (Å²) in [6.45, 7) is 5.24. The van der Waals surface area contributed by atoms with E-state index in [0.717, 1.165) is 30.2 Å². The van der Waals surface area contributed by atoms with E-state index >= 15 is 0 Å². The molecule has 0 bridgehead atoms. The number of nitrogens with zero attached hydrogens (tertiary/aromatic N) is 3. The molecule has 0 atom stereocenters. The van der Waals surface area contributed by atoms with Gasteiger partial charge in [0.15, 0.2) is 0 Å². The SMILES string of the molecule is Cc1ccc(C)c(-n2nc(-c3ccc(N(C)C)cc3)c3c2NCC3)c1. The number of nitrogens with one attached hydrogen (secondary N) is 1. The molecule has 4 rings (SSSR count). The minimum absolute atomic E-state index is 0.973. The van der Waals surface area contributed by atoms with E-state index in [2.05, 4.69) is 85.3 Å². The van der Waals surface area contributed by atoms with Gasteiger partial charge >= 0.3 is 0 Å². The first-order valence-electron chi connectivity index (χ1n) is 8.76. The third-order valence-corrected chi connectivity index (χ3v) is 4.90. The van der Waals surface area contributed by atoms with E-state index < -0.39 is 0 Å². The number of rotatable bonds is 3. The molecule has 0 saturated heterocycles. The Morgan fingerprint density at radius 1 is 1.04 bits per heavy atom. The van der Waals surface area contributed by atoms with Gasteiger partial charge in [0.2, 0.25) is 0 Å². The van der Waals surface area contributed by atoms with Crippen LogP contribution in [0.1, 0.15) is 16.7 Å². The standard InChI is InChI=1S/C21H24N4/c1-14-5-6-15(2)19(13-14)25-21-18(11-12-22-21)20(23-25)16-7-9-17(10-8-16)24(3)4/h5-10,13,22H,11-12H2,1-4H3. The van der Waals surface area contributed by atoms with Crippen LogP contribution < -0.4 is 10.2 Å². The molecule has 0 unspecified atom stereocenters. The van der Waals surface area contributed by atoms with Crippen LogP contribution in [0.2, 0.25) is 0 Å². The lowest BCUT2D eigenvalue weighted by molar-refractivity contribution is 0.874. The van der Waals surface area contributed by atoms with E-state index in [1.54, 1.807) is 0 Å². The molecule has 0 fully saturated rings. The van der Waals surface area contributed by atoms with Crippen LogP contribution in [0.25, 0.3) is 16.9 Å². The first-order chi connectivity index (χ1) is 12.0. The molecule has 0 amide bonds. The quantitative estimate of drug-likeness (QED) is 0.781. The molecule has 4 heteroatoms. The lowest BCUT2D eigenvalue weighted by atomic mass is 10.1. The Hall–Kier alpha value is -2.75. The molecule has 3 aromatic rings. The second kappa shape index (κ2) is 5.96. The summed E-state index contributed by atoms with van der Waals surface area (Å²) in [5.74, 6) is 1.14. The van der Waals surface area contributed by atoms with Gasteiger partial charge in [-0.1, -0.05) is 24.3 Å². The number of fused-ring (bicyclic) bond motifs is 1. The number of hydrogen-bond acceptors (Lipinski definition) is 3. The number of aromatic nitrogens is 2. The zero-order chi connectivity index (χ0) is 17.6. The van der Waals surface area contributed by atoms with Crippen LogP contribution in [0.4, 0.5) is 11.5 Å². The number of anilines is 2. The molecule has 0 saturated carbocycles. The van der Waals surface area contributed by atoms with Crippen molar-refractivity contribution in [2.24, 2.45) is 0 Å². The minimum atomic E-state index is 0.973. The van der Waals surface area contributed by atoms with Gasteiger partial charge in [0.1, 0.15) is 5.82 Å². The first kappa shape index (κ1) is 15.8. The van der Waals surface area contributed by atoms with Gasteiger partial charge in [-0.25, -0.2) is 4.68 Å². The largest absolute Gasteiger partial charge is 0.378 e. The van der Waals surface area contributed by atoms with E-state index in [4.69, 9.17) is 5.10 Å². The summed E-state index contributed by atoms with van der Waals surface area (Å²) in [6, 6.07) is 15.2. The molecule has 4 nitrogen and oxygen atoms in total. The molecule has 1 aliphatic rings. The van der Waals surface area contributed by atoms with E-state index in [1.165, 1.54) is 27.9 Å². The highest BCUT2D eigenvalue weighted by Gasteiger charge is 2.24. The molecule has 0 aliphatic carbocycles. The first-order valence-corrected chi connectivity index (χ1v) is 8.76. The van der Waals surface area contributed by atoms with Crippen LogP contribution in [-0.4, -0.2) is 30.4 Å². The van der Waals surface area contributed by atoms with Gasteiger partial charge in [0, 0.05) is 37.5 Å². The van der Waals surface area contributed by atoms with Crippen molar-refractivity contribution in [3.8, 4) is 16.9 Å². The van der Waals surface area contributed by atoms with E-state index in [9.17, 15) is 0 Å². The van der Waals surface area contributed by atoms with Crippen molar-refractivity contribution < 1.29 is 0 Å². The van der Waals surface area contributed by atoms with Gasteiger partial charge in [-0.15, -0.1) is 0 Å². The van der Waals surface area contributed by atoms with Crippen molar-refractivity contribution in [1.82, 2.24) is 9.78 Å². The van der Waals surface area contributed by atoms with Crippen LogP contribution in [0.3, 0.4) is 0 Å². The molecular weight excluding hydrogens is 308 g/mol. The van der Waals surface area contributed by atoms with Crippen LogP contribution in [-0.2, 0) is 6.42 Å². The normalized spacial score (nSPS) is 12.8. The summed E-state index contributed by atoms with van der Waals surface area (Å²) in [7, 11) is 4.12. The van der Waals surface area contributed by atoms with Gasteiger partial charge < -0.3 is 10.2 Å². The zero-order valence-electron chi connectivity index (χ0n) is 15.3. The van der Waals surface area contributed by atoms with Gasteiger partial charge in [-0.3, -0.25) is 0 Å². The lowest BCUT2D eigenvalue weighted by Gasteiger charge is -2.12. The summed E-state index contributed by atoms with van der Waals surface area (Å²) in [5.41, 5.74) is 8.42. The number of aryl methyl sites for hydroxylation is 2. The summed E-state index contributed by atoms with van der Waals surface area (Å²) in [4.78, 5) is 2.12. The predicted molar refractivity (Wildman–Crippen MR) is 105 cm³/mol. The molecule has 2 aromatic carbocycles. The number of hydrogen-bond donors (Lipinski definition) is 1. The fourth-order valence-electron chi connectivity index (χ4n) is 3.45. The Kier molecular flexibility index (Phi) is 3.75. The Labute approximate surface area is 149 Å². The highest BCUT2D eigenvalue weighted by molar-refractivity contribution is 5.74. The highest BCUT2D eigenvalue weighted by atomic mass is 15.3. The fourth-order valence-corrected chi connectivity index (χ4v) is 3.45.